The van der Waals surface area contributed by atoms with Gasteiger partial charge < -0.3 is 39.4 Å². The molecule has 2 aromatic rings. The molecule has 27 heavy (non-hydrogen) atoms. The molecule has 0 aromatic carbocycles. The Morgan fingerprint density at radius 1 is 1.22 bits per heavy atom. The van der Waals surface area contributed by atoms with Crippen LogP contribution in [0.4, 0.5) is 0 Å². The van der Waals surface area contributed by atoms with Crippen molar-refractivity contribution < 1.29 is 34.8 Å². The van der Waals surface area contributed by atoms with Gasteiger partial charge in [-0.25, -0.2) is 9.78 Å². The maximum absolute atomic E-state index is 12.6. The lowest BCUT2D eigenvalue weighted by atomic mass is 9.84. The SMILES string of the molecule is Cn1cnc2c1c(=O)n(CC(C(=O)[O-])C(O)(CC(=O)[O-])C(=O)[O-])c(=O)n2C. The van der Waals surface area contributed by atoms with Crippen LogP contribution in [-0.4, -0.2) is 47.3 Å². The summed E-state index contributed by atoms with van der Waals surface area (Å²) in [5, 5.41) is 43.5. The molecule has 0 saturated carbocycles. The maximum Gasteiger partial charge on any atom is 0.332 e. The molecule has 146 valence electrons. The Morgan fingerprint density at radius 2 is 1.81 bits per heavy atom. The average Bonchev–Trinajstić information content (AvgIpc) is 2.93. The number of hydrogen-bond donors (Lipinski definition) is 1. The highest BCUT2D eigenvalue weighted by molar-refractivity contribution is 5.87. The van der Waals surface area contributed by atoms with Gasteiger partial charge in [-0.05, 0) is 0 Å². The minimum absolute atomic E-state index is 0.0151. The van der Waals surface area contributed by atoms with Crippen molar-refractivity contribution in [3.63, 3.8) is 0 Å². The molecule has 0 aliphatic carbocycles. The number of fused-ring (bicyclic) bond motifs is 1. The van der Waals surface area contributed by atoms with Crippen LogP contribution in [0.2, 0.25) is 0 Å². The fourth-order valence-corrected chi connectivity index (χ4v) is 2.72. The zero-order valence-corrected chi connectivity index (χ0v) is 14.1. The molecule has 13 nitrogen and oxygen atoms in total. The van der Waals surface area contributed by atoms with E-state index in [-0.39, 0.29) is 11.2 Å². The Labute approximate surface area is 149 Å². The minimum Gasteiger partial charge on any atom is -0.550 e. The zero-order valence-electron chi connectivity index (χ0n) is 14.1. The molecule has 0 spiro atoms. The van der Waals surface area contributed by atoms with E-state index in [0.717, 1.165) is 4.57 Å². The topological polar surface area (TPSA) is 202 Å². The summed E-state index contributed by atoms with van der Waals surface area (Å²) in [6, 6.07) is 0. The van der Waals surface area contributed by atoms with Gasteiger partial charge in [0.05, 0.1) is 18.2 Å². The molecule has 0 aliphatic rings. The second kappa shape index (κ2) is 6.68. The van der Waals surface area contributed by atoms with Gasteiger partial charge in [-0.3, -0.25) is 13.9 Å². The Balaban J connectivity index is 2.71. The monoisotopic (exact) mass is 381 g/mol. The predicted molar refractivity (Wildman–Crippen MR) is 78.3 cm³/mol. The van der Waals surface area contributed by atoms with Crippen LogP contribution >= 0.6 is 0 Å². The molecule has 0 aliphatic heterocycles. The van der Waals surface area contributed by atoms with Crippen LogP contribution in [0.1, 0.15) is 6.42 Å². The molecule has 0 saturated heterocycles. The molecule has 1 N–H and O–H groups in total. The fraction of sp³-hybridized carbons (Fsp3) is 0.429. The van der Waals surface area contributed by atoms with Gasteiger partial charge in [0.2, 0.25) is 0 Å². The summed E-state index contributed by atoms with van der Waals surface area (Å²) in [4.78, 5) is 62.2. The first-order valence-electron chi connectivity index (χ1n) is 7.37. The van der Waals surface area contributed by atoms with E-state index in [9.17, 15) is 44.4 Å². The highest BCUT2D eigenvalue weighted by Crippen LogP contribution is 2.22. The van der Waals surface area contributed by atoms with Gasteiger partial charge in [-0.15, -0.1) is 0 Å². The van der Waals surface area contributed by atoms with Gasteiger partial charge in [0, 0.05) is 39.0 Å². The van der Waals surface area contributed by atoms with E-state index in [4.69, 9.17) is 0 Å². The van der Waals surface area contributed by atoms with Crippen molar-refractivity contribution in [2.75, 3.05) is 0 Å². The quantitative estimate of drug-likeness (QED) is 0.480. The smallest absolute Gasteiger partial charge is 0.332 e. The molecule has 0 bridgehead atoms. The molecule has 2 unspecified atom stereocenters. The Bertz CT molecular complexity index is 1060. The number of carbonyl (C=O) groups is 3. The van der Waals surface area contributed by atoms with Gasteiger partial charge >= 0.3 is 5.69 Å². The van der Waals surface area contributed by atoms with E-state index in [1.807, 2.05) is 0 Å². The molecule has 2 aromatic heterocycles. The lowest BCUT2D eigenvalue weighted by Gasteiger charge is -2.38. The van der Waals surface area contributed by atoms with Crippen LogP contribution in [-0.2, 0) is 35.0 Å². The Morgan fingerprint density at radius 3 is 2.30 bits per heavy atom. The van der Waals surface area contributed by atoms with Gasteiger partial charge in [-0.1, -0.05) is 0 Å². The number of aliphatic hydroxyl groups is 1. The first-order valence-corrected chi connectivity index (χ1v) is 7.37. The maximum atomic E-state index is 12.6. The minimum atomic E-state index is -3.48. The third-order valence-electron chi connectivity index (χ3n) is 4.19. The van der Waals surface area contributed by atoms with Crippen LogP contribution in [0.5, 0.6) is 0 Å². The zero-order chi connectivity index (χ0) is 20.7. The fourth-order valence-electron chi connectivity index (χ4n) is 2.72. The Hall–Kier alpha value is -3.48. The third-order valence-corrected chi connectivity index (χ3v) is 4.19. The van der Waals surface area contributed by atoms with E-state index >= 15 is 0 Å². The molecule has 0 fully saturated rings. The number of hydrogen-bond acceptors (Lipinski definition) is 10. The van der Waals surface area contributed by atoms with Crippen LogP contribution in [0.25, 0.3) is 11.2 Å². The van der Waals surface area contributed by atoms with Crippen molar-refractivity contribution in [2.45, 2.75) is 18.6 Å². The number of aromatic nitrogens is 4. The van der Waals surface area contributed by atoms with Crippen LogP contribution in [0.3, 0.4) is 0 Å². The molecule has 13 heteroatoms. The number of aliphatic carboxylic acids is 3. The summed E-state index contributed by atoms with van der Waals surface area (Å²) < 4.78 is 2.49. The number of carboxylic acids is 3. The standard InChI is InChI=1S/C14H16N4O9/c1-16-5-15-9-8(16)10(21)18(13(26)17(9)2)4-6(11(22)23)14(27,12(24)25)3-7(19)20/h5-6,27H,3-4H2,1-2H3,(H,19,20)(H,22,23)(H,24,25)/p-3. The highest BCUT2D eigenvalue weighted by atomic mass is 16.4. The van der Waals surface area contributed by atoms with Gasteiger partial charge in [0.1, 0.15) is 5.60 Å². The number of aryl methyl sites for hydroxylation is 2. The van der Waals surface area contributed by atoms with Crippen molar-refractivity contribution >= 4 is 29.1 Å². The first kappa shape index (κ1) is 19.8. The molecule has 2 atom stereocenters. The third kappa shape index (κ3) is 3.19. The molecule has 0 amide bonds. The van der Waals surface area contributed by atoms with Crippen LogP contribution in [0, 0.1) is 5.92 Å². The van der Waals surface area contributed by atoms with E-state index in [1.54, 1.807) is 0 Å². The lowest BCUT2D eigenvalue weighted by molar-refractivity contribution is -0.347. The van der Waals surface area contributed by atoms with Crippen molar-refractivity contribution in [3.8, 4) is 0 Å². The van der Waals surface area contributed by atoms with E-state index < -0.39 is 53.6 Å². The van der Waals surface area contributed by atoms with E-state index in [1.165, 1.54) is 25.0 Å². The second-order valence-corrected chi connectivity index (χ2v) is 5.92. The van der Waals surface area contributed by atoms with Crippen molar-refractivity contribution in [1.82, 2.24) is 18.7 Å². The summed E-state index contributed by atoms with van der Waals surface area (Å²) in [7, 11) is 2.66. The highest BCUT2D eigenvalue weighted by Gasteiger charge is 2.40. The summed E-state index contributed by atoms with van der Waals surface area (Å²) >= 11 is 0. The average molecular weight is 381 g/mol. The predicted octanol–water partition coefficient (Wildman–Crippen LogP) is -6.58. The number of imidazole rings is 1. The van der Waals surface area contributed by atoms with Crippen molar-refractivity contribution in [1.29, 1.82) is 0 Å². The van der Waals surface area contributed by atoms with Crippen molar-refractivity contribution in [3.05, 3.63) is 27.2 Å². The molecular weight excluding hydrogens is 368 g/mol. The Kier molecular flexibility index (Phi) is 4.91. The summed E-state index contributed by atoms with van der Waals surface area (Å²) in [6.07, 6.45) is -0.434. The largest absolute Gasteiger partial charge is 0.550 e. The lowest BCUT2D eigenvalue weighted by Crippen LogP contribution is -2.62. The van der Waals surface area contributed by atoms with Crippen LogP contribution < -0.4 is 26.6 Å². The first-order chi connectivity index (χ1) is 12.4. The summed E-state index contributed by atoms with van der Waals surface area (Å²) in [5.74, 6) is -9.24. The normalized spacial score (nSPS) is 14.6. The van der Waals surface area contributed by atoms with Crippen molar-refractivity contribution in [2.24, 2.45) is 20.0 Å². The molecular formula is C14H13N4O9-3. The number of nitrogens with zero attached hydrogens (tertiary/aromatic N) is 4. The summed E-state index contributed by atoms with van der Waals surface area (Å²) in [6.45, 7) is -1.19. The number of rotatable bonds is 7. The number of carbonyl (C=O) groups excluding carboxylic acids is 3. The molecule has 0 radical (unpaired) electrons. The molecule has 2 rings (SSSR count). The van der Waals surface area contributed by atoms with Gasteiger partial charge in [-0.2, -0.15) is 0 Å². The van der Waals surface area contributed by atoms with Crippen LogP contribution in [0.15, 0.2) is 15.9 Å². The van der Waals surface area contributed by atoms with E-state index in [2.05, 4.69) is 4.98 Å². The van der Waals surface area contributed by atoms with Gasteiger partial charge in [0.15, 0.2) is 11.2 Å². The summed E-state index contributed by atoms with van der Waals surface area (Å²) in [5.41, 5.74) is -5.69. The second-order valence-electron chi connectivity index (χ2n) is 5.92. The number of carboxylic acid groups (broad SMARTS) is 3. The van der Waals surface area contributed by atoms with E-state index in [0.29, 0.717) is 4.57 Å². The van der Waals surface area contributed by atoms with Gasteiger partial charge in [0.25, 0.3) is 5.56 Å². The molecule has 2 heterocycles.